The molecule has 0 radical (unpaired) electrons. The summed E-state index contributed by atoms with van der Waals surface area (Å²) >= 11 is 6.34. The number of carbonyl (C=O) groups is 1. The predicted octanol–water partition coefficient (Wildman–Crippen LogP) is 3.65. The minimum Gasteiger partial charge on any atom is -0.455 e. The number of aromatic nitrogens is 4. The first-order valence-corrected chi connectivity index (χ1v) is 9.39. The van der Waals surface area contributed by atoms with Gasteiger partial charge in [-0.2, -0.15) is 5.10 Å². The summed E-state index contributed by atoms with van der Waals surface area (Å²) in [4.78, 5) is 29.3. The molecule has 0 spiro atoms. The van der Waals surface area contributed by atoms with Crippen molar-refractivity contribution in [2.45, 2.75) is 20.5 Å². The van der Waals surface area contributed by atoms with Crippen molar-refractivity contribution >= 4 is 23.2 Å². The van der Waals surface area contributed by atoms with E-state index in [0.29, 0.717) is 22.7 Å². The predicted molar refractivity (Wildman–Crippen MR) is 109 cm³/mol. The number of halogens is 2. The van der Waals surface area contributed by atoms with Gasteiger partial charge in [-0.05, 0) is 49.7 Å². The highest BCUT2D eigenvalue weighted by molar-refractivity contribution is 6.33. The SMILES string of the molecule is Cc1nn(-c2ccc(F)cc2)c(Cl)c1C(=O)OCc1cc(=O)n2cccc(C)c2n1. The fourth-order valence-electron chi connectivity index (χ4n) is 3.08. The Hall–Kier alpha value is -3.52. The maximum atomic E-state index is 13.2. The lowest BCUT2D eigenvalue weighted by molar-refractivity contribution is 0.0467. The summed E-state index contributed by atoms with van der Waals surface area (Å²) in [5.74, 6) is -1.09. The second-order valence-electron chi connectivity index (χ2n) is 6.69. The second kappa shape index (κ2) is 7.72. The van der Waals surface area contributed by atoms with E-state index in [4.69, 9.17) is 16.3 Å². The summed E-state index contributed by atoms with van der Waals surface area (Å²) in [6.07, 6.45) is 1.63. The molecule has 0 bridgehead atoms. The van der Waals surface area contributed by atoms with Crippen LogP contribution in [-0.4, -0.2) is 25.1 Å². The van der Waals surface area contributed by atoms with E-state index in [1.165, 1.54) is 39.4 Å². The highest BCUT2D eigenvalue weighted by Crippen LogP contribution is 2.24. The number of hydrogen-bond acceptors (Lipinski definition) is 5. The Labute approximate surface area is 175 Å². The van der Waals surface area contributed by atoms with E-state index < -0.39 is 11.8 Å². The molecule has 0 aliphatic carbocycles. The molecule has 7 nitrogen and oxygen atoms in total. The first-order valence-electron chi connectivity index (χ1n) is 9.01. The third-order valence-corrected chi connectivity index (χ3v) is 4.92. The third-order valence-electron chi connectivity index (χ3n) is 4.57. The molecule has 9 heteroatoms. The van der Waals surface area contributed by atoms with Crippen LogP contribution in [0.3, 0.4) is 0 Å². The van der Waals surface area contributed by atoms with Crippen LogP contribution in [0.1, 0.15) is 27.3 Å². The minimum absolute atomic E-state index is 0.0477. The summed E-state index contributed by atoms with van der Waals surface area (Å²) in [5.41, 5.74) is 2.32. The van der Waals surface area contributed by atoms with Crippen molar-refractivity contribution in [2.24, 2.45) is 0 Å². The molecule has 30 heavy (non-hydrogen) atoms. The number of pyridine rings is 1. The largest absolute Gasteiger partial charge is 0.455 e. The molecule has 0 N–H and O–H groups in total. The lowest BCUT2D eigenvalue weighted by atomic mass is 10.2. The monoisotopic (exact) mass is 426 g/mol. The lowest BCUT2D eigenvalue weighted by Gasteiger charge is -2.07. The van der Waals surface area contributed by atoms with Crippen molar-refractivity contribution in [2.75, 3.05) is 0 Å². The van der Waals surface area contributed by atoms with Crippen LogP contribution in [0.4, 0.5) is 4.39 Å². The van der Waals surface area contributed by atoms with E-state index in [0.717, 1.165) is 5.56 Å². The summed E-state index contributed by atoms with van der Waals surface area (Å²) in [7, 11) is 0. The average Bonchev–Trinajstić information content (AvgIpc) is 3.02. The Kier molecular flexibility index (Phi) is 5.09. The molecule has 1 aromatic carbocycles. The van der Waals surface area contributed by atoms with E-state index in [2.05, 4.69) is 10.1 Å². The van der Waals surface area contributed by atoms with Crippen LogP contribution in [0, 0.1) is 19.7 Å². The molecule has 4 aromatic rings. The lowest BCUT2D eigenvalue weighted by Crippen LogP contribution is -2.17. The zero-order valence-electron chi connectivity index (χ0n) is 16.1. The van der Waals surface area contributed by atoms with Crippen LogP contribution in [0.15, 0.2) is 53.5 Å². The molecular formula is C21H16ClFN4O3. The molecular weight excluding hydrogens is 411 g/mol. The highest BCUT2D eigenvalue weighted by Gasteiger charge is 2.23. The maximum absolute atomic E-state index is 13.2. The number of esters is 1. The van der Waals surface area contributed by atoms with Gasteiger partial charge in [0.15, 0.2) is 0 Å². The highest BCUT2D eigenvalue weighted by atomic mass is 35.5. The van der Waals surface area contributed by atoms with Gasteiger partial charge in [0.05, 0.1) is 17.1 Å². The summed E-state index contributed by atoms with van der Waals surface area (Å²) < 4.78 is 21.3. The maximum Gasteiger partial charge on any atom is 0.343 e. The van der Waals surface area contributed by atoms with Gasteiger partial charge in [-0.1, -0.05) is 17.7 Å². The number of carbonyl (C=O) groups excluding carboxylic acids is 1. The van der Waals surface area contributed by atoms with Crippen LogP contribution >= 0.6 is 11.6 Å². The van der Waals surface area contributed by atoms with E-state index in [1.807, 2.05) is 13.0 Å². The number of rotatable bonds is 4. The van der Waals surface area contributed by atoms with Crippen LogP contribution in [0.2, 0.25) is 5.15 Å². The van der Waals surface area contributed by atoms with Crippen molar-refractivity contribution in [3.05, 3.63) is 92.5 Å². The van der Waals surface area contributed by atoms with E-state index in [9.17, 15) is 14.0 Å². The van der Waals surface area contributed by atoms with Gasteiger partial charge >= 0.3 is 5.97 Å². The van der Waals surface area contributed by atoms with Gasteiger partial charge in [0.25, 0.3) is 5.56 Å². The normalized spacial score (nSPS) is 11.1. The molecule has 3 aromatic heterocycles. The molecule has 0 aliphatic rings. The average molecular weight is 427 g/mol. The fraction of sp³-hybridized carbons (Fsp3) is 0.143. The van der Waals surface area contributed by atoms with Crippen LogP contribution in [0.5, 0.6) is 0 Å². The standard InChI is InChI=1S/C21H16ClFN4O3/c1-12-4-3-9-26-17(28)10-15(24-20(12)26)11-30-21(29)18-13(2)25-27(19(18)22)16-7-5-14(23)6-8-16/h3-10H,11H2,1-2H3. The molecule has 0 saturated carbocycles. The zero-order chi connectivity index (χ0) is 21.4. The van der Waals surface area contributed by atoms with Crippen molar-refractivity contribution in [3.8, 4) is 5.69 Å². The number of hydrogen-bond donors (Lipinski definition) is 0. The Balaban J connectivity index is 1.59. The fourth-order valence-corrected chi connectivity index (χ4v) is 3.43. The van der Waals surface area contributed by atoms with Crippen molar-refractivity contribution in [1.82, 2.24) is 19.2 Å². The molecule has 0 saturated heterocycles. The van der Waals surface area contributed by atoms with Gasteiger partial charge in [-0.3, -0.25) is 9.20 Å². The minimum atomic E-state index is -0.697. The number of benzene rings is 1. The van der Waals surface area contributed by atoms with Crippen LogP contribution < -0.4 is 5.56 Å². The summed E-state index contributed by atoms with van der Waals surface area (Å²) in [6, 6.07) is 10.4. The quantitative estimate of drug-likeness (QED) is 0.465. The second-order valence-corrected chi connectivity index (χ2v) is 7.04. The molecule has 0 amide bonds. The van der Waals surface area contributed by atoms with Crippen LogP contribution in [-0.2, 0) is 11.3 Å². The molecule has 0 unspecified atom stereocenters. The Morgan fingerprint density at radius 2 is 1.93 bits per heavy atom. The van der Waals surface area contributed by atoms with E-state index >= 15 is 0 Å². The molecule has 0 atom stereocenters. The Bertz CT molecular complexity index is 1330. The Morgan fingerprint density at radius 1 is 1.20 bits per heavy atom. The topological polar surface area (TPSA) is 78.5 Å². The summed E-state index contributed by atoms with van der Waals surface area (Å²) in [5, 5.41) is 4.29. The van der Waals surface area contributed by atoms with Gasteiger partial charge < -0.3 is 4.74 Å². The molecule has 0 aliphatic heterocycles. The number of ether oxygens (including phenoxy) is 1. The Morgan fingerprint density at radius 3 is 2.67 bits per heavy atom. The van der Waals surface area contributed by atoms with E-state index in [1.54, 1.807) is 19.2 Å². The first-order chi connectivity index (χ1) is 14.3. The van der Waals surface area contributed by atoms with E-state index in [-0.39, 0.29) is 22.9 Å². The third kappa shape index (κ3) is 3.57. The van der Waals surface area contributed by atoms with Gasteiger partial charge in [-0.15, -0.1) is 0 Å². The van der Waals surface area contributed by atoms with Crippen molar-refractivity contribution in [1.29, 1.82) is 0 Å². The number of aryl methyl sites for hydroxylation is 2. The van der Waals surface area contributed by atoms with Crippen LogP contribution in [0.25, 0.3) is 11.3 Å². The zero-order valence-corrected chi connectivity index (χ0v) is 16.9. The van der Waals surface area contributed by atoms with Gasteiger partial charge in [0.1, 0.15) is 28.8 Å². The molecule has 152 valence electrons. The van der Waals surface area contributed by atoms with Gasteiger partial charge in [0.2, 0.25) is 0 Å². The van der Waals surface area contributed by atoms with Gasteiger partial charge in [-0.25, -0.2) is 18.9 Å². The smallest absolute Gasteiger partial charge is 0.343 e. The summed E-state index contributed by atoms with van der Waals surface area (Å²) in [6.45, 7) is 3.26. The number of nitrogens with zero attached hydrogens (tertiary/aromatic N) is 4. The molecule has 0 fully saturated rings. The first kappa shape index (κ1) is 19.8. The number of fused-ring (bicyclic) bond motifs is 1. The van der Waals surface area contributed by atoms with Crippen molar-refractivity contribution in [3.63, 3.8) is 0 Å². The molecule has 3 heterocycles. The van der Waals surface area contributed by atoms with Crippen molar-refractivity contribution < 1.29 is 13.9 Å². The van der Waals surface area contributed by atoms with Gasteiger partial charge in [0, 0.05) is 12.3 Å². The molecule has 4 rings (SSSR count).